The van der Waals surface area contributed by atoms with Crippen LogP contribution in [0.4, 0.5) is 5.69 Å². The number of nitrogens with one attached hydrogen (secondary N) is 1. The van der Waals surface area contributed by atoms with Crippen LogP contribution in [-0.4, -0.2) is 12.1 Å². The molecule has 0 fully saturated rings. The average Bonchev–Trinajstić information content (AvgIpc) is 2.62. The fourth-order valence-corrected chi connectivity index (χ4v) is 3.19. The zero-order valence-electron chi connectivity index (χ0n) is 13.9. The Labute approximate surface area is 161 Å². The van der Waals surface area contributed by atoms with E-state index in [1.54, 1.807) is 0 Å². The molecule has 0 bridgehead atoms. The summed E-state index contributed by atoms with van der Waals surface area (Å²) in [5.74, 6) is 0.825. The van der Waals surface area contributed by atoms with Gasteiger partial charge in [-0.05, 0) is 50.2 Å². The van der Waals surface area contributed by atoms with Gasteiger partial charge in [0.25, 0.3) is 0 Å². The van der Waals surface area contributed by atoms with Gasteiger partial charge in [-0.3, -0.25) is 4.90 Å². The van der Waals surface area contributed by atoms with E-state index < -0.39 is 0 Å². The molecule has 1 aliphatic rings. The first-order valence-electron chi connectivity index (χ1n) is 7.83. The van der Waals surface area contributed by atoms with Gasteiger partial charge < -0.3 is 5.41 Å². The summed E-state index contributed by atoms with van der Waals surface area (Å²) in [5.41, 5.74) is 4.51. The first-order chi connectivity index (χ1) is 12.0. The molecule has 0 saturated carbocycles. The second-order valence-corrected chi connectivity index (χ2v) is 6.92. The molecule has 2 aromatic carbocycles. The molecule has 0 atom stereocenters. The minimum atomic E-state index is 0.684. The molecule has 1 aliphatic heterocycles. The third-order valence-corrected chi connectivity index (χ3v) is 4.78. The number of aliphatic imine (C=N–C) groups is 1. The number of hydrogen-bond donors (Lipinski definition) is 1. The van der Waals surface area contributed by atoms with Crippen LogP contribution in [0.1, 0.15) is 19.4 Å². The molecule has 2 aromatic rings. The van der Waals surface area contributed by atoms with E-state index in [0.29, 0.717) is 5.02 Å². The molecular formula is C20H17BrClN3. The first-order valence-corrected chi connectivity index (χ1v) is 9.00. The summed E-state index contributed by atoms with van der Waals surface area (Å²) in [5, 5.41) is 8.48. The molecule has 5 heteroatoms. The second-order valence-electron chi connectivity index (χ2n) is 5.57. The largest absolute Gasteiger partial charge is 0.308 e. The van der Waals surface area contributed by atoms with E-state index in [1.165, 1.54) is 6.21 Å². The zero-order valence-corrected chi connectivity index (χ0v) is 16.3. The van der Waals surface area contributed by atoms with Gasteiger partial charge in [-0.1, -0.05) is 45.7 Å². The molecule has 1 N–H and O–H groups in total. The van der Waals surface area contributed by atoms with Crippen LogP contribution in [0.3, 0.4) is 0 Å². The highest BCUT2D eigenvalue weighted by Crippen LogP contribution is 2.33. The lowest BCUT2D eigenvalue weighted by Gasteiger charge is -2.33. The van der Waals surface area contributed by atoms with Crippen molar-refractivity contribution in [1.82, 2.24) is 0 Å². The minimum absolute atomic E-state index is 0.684. The average molecular weight is 415 g/mol. The molecule has 3 rings (SSSR count). The maximum Gasteiger partial charge on any atom is 0.145 e. The highest BCUT2D eigenvalue weighted by Gasteiger charge is 2.26. The molecule has 0 amide bonds. The third kappa shape index (κ3) is 3.46. The van der Waals surface area contributed by atoms with Crippen LogP contribution >= 0.6 is 27.5 Å². The monoisotopic (exact) mass is 413 g/mol. The molecule has 0 unspecified atom stereocenters. The highest BCUT2D eigenvalue weighted by atomic mass is 79.9. The van der Waals surface area contributed by atoms with E-state index in [0.717, 1.165) is 38.5 Å². The Morgan fingerprint density at radius 3 is 2.28 bits per heavy atom. The topological polar surface area (TPSA) is 39.5 Å². The summed E-state index contributed by atoms with van der Waals surface area (Å²) in [6.45, 7) is 3.90. The quantitative estimate of drug-likeness (QED) is 0.597. The smallest absolute Gasteiger partial charge is 0.145 e. The summed E-state index contributed by atoms with van der Waals surface area (Å²) in [6.07, 6.45) is 3.36. The fraction of sp³-hybridized carbons (Fsp3) is 0.100. The van der Waals surface area contributed by atoms with Gasteiger partial charge >= 0.3 is 0 Å². The minimum Gasteiger partial charge on any atom is -0.308 e. The van der Waals surface area contributed by atoms with Crippen molar-refractivity contribution in [2.75, 3.05) is 4.90 Å². The Balaban J connectivity index is 2.22. The first kappa shape index (κ1) is 17.6. The Morgan fingerprint density at radius 2 is 1.72 bits per heavy atom. The van der Waals surface area contributed by atoms with E-state index in [-0.39, 0.29) is 0 Å². The van der Waals surface area contributed by atoms with Crippen LogP contribution in [0, 0.1) is 5.41 Å². The van der Waals surface area contributed by atoms with Crippen molar-refractivity contribution >= 4 is 45.3 Å². The maximum atomic E-state index is 7.80. The van der Waals surface area contributed by atoms with Crippen LogP contribution in [-0.2, 0) is 0 Å². The lowest BCUT2D eigenvalue weighted by molar-refractivity contribution is 1.11. The molecule has 0 aromatic heterocycles. The molecule has 126 valence electrons. The summed E-state index contributed by atoms with van der Waals surface area (Å²) in [6, 6.07) is 15.7. The van der Waals surface area contributed by atoms with Gasteiger partial charge in [0, 0.05) is 32.5 Å². The van der Waals surface area contributed by atoms with Gasteiger partial charge in [0.15, 0.2) is 0 Å². The van der Waals surface area contributed by atoms with Gasteiger partial charge in [0.05, 0.1) is 11.4 Å². The van der Waals surface area contributed by atoms with Crippen molar-refractivity contribution in [2.45, 2.75) is 13.8 Å². The number of amidine groups is 1. The molecule has 25 heavy (non-hydrogen) atoms. The van der Waals surface area contributed by atoms with Crippen molar-refractivity contribution in [3.63, 3.8) is 0 Å². The number of rotatable bonds is 3. The van der Waals surface area contributed by atoms with Crippen LogP contribution in [0.5, 0.6) is 0 Å². The van der Waals surface area contributed by atoms with E-state index in [2.05, 4.69) is 20.8 Å². The predicted octanol–water partition coefficient (Wildman–Crippen LogP) is 6.20. The summed E-state index contributed by atoms with van der Waals surface area (Å²) in [7, 11) is 0. The second kappa shape index (κ2) is 7.38. The molecule has 0 radical (unpaired) electrons. The van der Waals surface area contributed by atoms with E-state index in [4.69, 9.17) is 22.0 Å². The Hall–Kier alpha value is -2.17. The third-order valence-electron chi connectivity index (χ3n) is 4.00. The summed E-state index contributed by atoms with van der Waals surface area (Å²) < 4.78 is 1.02. The van der Waals surface area contributed by atoms with Gasteiger partial charge in [-0.15, -0.1) is 0 Å². The van der Waals surface area contributed by atoms with Crippen LogP contribution < -0.4 is 4.90 Å². The van der Waals surface area contributed by atoms with E-state index in [1.807, 2.05) is 68.5 Å². The number of anilines is 1. The number of benzene rings is 2. The van der Waals surface area contributed by atoms with Gasteiger partial charge in [0.2, 0.25) is 0 Å². The van der Waals surface area contributed by atoms with Gasteiger partial charge in [-0.25, -0.2) is 4.99 Å². The van der Waals surface area contributed by atoms with Crippen LogP contribution in [0.2, 0.25) is 5.02 Å². The lowest BCUT2D eigenvalue weighted by atomic mass is 10.0. The Kier molecular flexibility index (Phi) is 5.21. The predicted molar refractivity (Wildman–Crippen MR) is 110 cm³/mol. The Bertz CT molecular complexity index is 894. The van der Waals surface area contributed by atoms with Crippen molar-refractivity contribution < 1.29 is 0 Å². The van der Waals surface area contributed by atoms with Crippen molar-refractivity contribution in [1.29, 1.82) is 5.41 Å². The highest BCUT2D eigenvalue weighted by molar-refractivity contribution is 9.10. The maximum absolute atomic E-state index is 7.80. The molecule has 0 aliphatic carbocycles. The van der Waals surface area contributed by atoms with Gasteiger partial charge in [0.1, 0.15) is 5.84 Å². The SMILES string of the molecule is C/C=C1/C(C=N)=C(C)N=C(c2ccc(Br)cc2)N1c1ccc(Cl)cc1. The molecular weight excluding hydrogens is 398 g/mol. The standard InChI is InChI=1S/C20H17BrClN3/c1-3-19-18(12-23)13(2)24-20(14-4-6-15(21)7-5-14)25(19)17-10-8-16(22)9-11-17/h3-12,23H,1-2H3/b19-3-,23-12?. The van der Waals surface area contributed by atoms with E-state index in [9.17, 15) is 0 Å². The number of hydrogen-bond acceptors (Lipinski definition) is 3. The molecule has 0 spiro atoms. The van der Waals surface area contributed by atoms with Crippen molar-refractivity contribution in [3.05, 3.63) is 86.6 Å². The summed E-state index contributed by atoms with van der Waals surface area (Å²) in [4.78, 5) is 6.86. The van der Waals surface area contributed by atoms with Crippen molar-refractivity contribution in [3.8, 4) is 0 Å². The lowest BCUT2D eigenvalue weighted by Crippen LogP contribution is -2.35. The summed E-state index contributed by atoms with van der Waals surface area (Å²) >= 11 is 9.53. The van der Waals surface area contributed by atoms with E-state index >= 15 is 0 Å². The van der Waals surface area contributed by atoms with Crippen molar-refractivity contribution in [2.24, 2.45) is 4.99 Å². The Morgan fingerprint density at radius 1 is 1.08 bits per heavy atom. The normalized spacial score (nSPS) is 16.2. The number of nitrogens with zero attached hydrogens (tertiary/aromatic N) is 2. The molecule has 3 nitrogen and oxygen atoms in total. The molecule has 0 saturated heterocycles. The van der Waals surface area contributed by atoms with Crippen LogP contribution in [0.15, 0.2) is 81.0 Å². The van der Waals surface area contributed by atoms with Crippen LogP contribution in [0.25, 0.3) is 0 Å². The fourth-order valence-electron chi connectivity index (χ4n) is 2.80. The number of allylic oxidation sites excluding steroid dienone is 3. The number of halogens is 2. The zero-order chi connectivity index (χ0) is 18.0. The van der Waals surface area contributed by atoms with Gasteiger partial charge in [-0.2, -0.15) is 0 Å². The molecule has 1 heterocycles.